The number of rotatable bonds is 0. The summed E-state index contributed by atoms with van der Waals surface area (Å²) in [5, 5.41) is 1.76. The van der Waals surface area contributed by atoms with Crippen molar-refractivity contribution in [3.05, 3.63) is 23.8 Å². The van der Waals surface area contributed by atoms with Crippen molar-refractivity contribution in [3.63, 3.8) is 0 Å². The van der Waals surface area contributed by atoms with E-state index >= 15 is 0 Å². The number of anilines is 1. The molecule has 0 aromatic heterocycles. The SMILES string of the molecule is CC(C)(C)OC(=O)NC1=NC2(C)c3cc(N)ccc3OCCC2S(=O)(=O)C1(C)C. The molecule has 0 spiro atoms. The molecule has 29 heavy (non-hydrogen) atoms. The molecule has 3 rings (SSSR count). The van der Waals surface area contributed by atoms with Crippen LogP contribution in [0.15, 0.2) is 23.2 Å². The predicted octanol–water partition coefficient (Wildman–Crippen LogP) is 2.77. The number of amides is 1. The number of alkyl carbamates (subject to hydrolysis) is 1. The highest BCUT2D eigenvalue weighted by molar-refractivity contribution is 7.94. The van der Waals surface area contributed by atoms with E-state index in [-0.39, 0.29) is 18.9 Å². The van der Waals surface area contributed by atoms with E-state index in [0.29, 0.717) is 17.0 Å². The van der Waals surface area contributed by atoms with Gasteiger partial charge in [0.05, 0.1) is 11.9 Å². The summed E-state index contributed by atoms with van der Waals surface area (Å²) in [7, 11) is -3.76. The topological polar surface area (TPSA) is 120 Å². The van der Waals surface area contributed by atoms with Gasteiger partial charge in [-0.05, 0) is 59.7 Å². The molecule has 2 atom stereocenters. The maximum absolute atomic E-state index is 13.6. The van der Waals surface area contributed by atoms with Crippen LogP contribution in [0.3, 0.4) is 0 Å². The maximum atomic E-state index is 13.6. The summed E-state index contributed by atoms with van der Waals surface area (Å²) >= 11 is 0. The van der Waals surface area contributed by atoms with E-state index in [0.717, 1.165) is 0 Å². The van der Waals surface area contributed by atoms with Crippen molar-refractivity contribution in [2.24, 2.45) is 4.99 Å². The lowest BCUT2D eigenvalue weighted by atomic mass is 9.86. The number of ether oxygens (including phenoxy) is 2. The second kappa shape index (κ2) is 6.62. The zero-order valence-corrected chi connectivity index (χ0v) is 18.5. The van der Waals surface area contributed by atoms with E-state index < -0.39 is 37.1 Å². The third kappa shape index (κ3) is 3.56. The number of aliphatic imine (C=N–C) groups is 1. The van der Waals surface area contributed by atoms with Crippen molar-refractivity contribution < 1.29 is 22.7 Å². The lowest BCUT2D eigenvalue weighted by Gasteiger charge is -2.44. The standard InChI is InChI=1S/C20H29N3O5S/c1-18(2,3)28-17(24)22-16-19(4,5)29(25,26)15-9-10-27-14-8-7-12(21)11-13(14)20(15,6)23-16/h7-8,11,15H,9-10,21H2,1-6H3,(H,22,23,24). The molecule has 3 N–H and O–H groups in total. The molecule has 1 aromatic rings. The Morgan fingerprint density at radius 3 is 2.59 bits per heavy atom. The van der Waals surface area contributed by atoms with Crippen molar-refractivity contribution in [1.29, 1.82) is 0 Å². The number of fused-ring (bicyclic) bond motifs is 3. The molecule has 9 heteroatoms. The van der Waals surface area contributed by atoms with Gasteiger partial charge in [-0.25, -0.2) is 13.2 Å². The molecule has 160 valence electrons. The molecule has 0 fully saturated rings. The number of nitrogens with two attached hydrogens (primary N) is 1. The quantitative estimate of drug-likeness (QED) is 0.619. The highest BCUT2D eigenvalue weighted by atomic mass is 32.2. The number of nitrogens with one attached hydrogen (secondary N) is 1. The van der Waals surface area contributed by atoms with Crippen molar-refractivity contribution in [1.82, 2.24) is 5.32 Å². The summed E-state index contributed by atoms with van der Waals surface area (Å²) in [6.07, 6.45) is -0.473. The summed E-state index contributed by atoms with van der Waals surface area (Å²) in [6.45, 7) is 10.3. The maximum Gasteiger partial charge on any atom is 0.413 e. The second-order valence-corrected chi connectivity index (χ2v) is 11.9. The van der Waals surface area contributed by atoms with Gasteiger partial charge in [0.15, 0.2) is 9.84 Å². The van der Waals surface area contributed by atoms with Crippen LogP contribution < -0.4 is 15.8 Å². The number of carbonyl (C=O) groups excluding carboxylic acids is 1. The third-order valence-electron chi connectivity index (χ3n) is 5.43. The molecule has 1 aromatic carbocycles. The molecule has 2 unspecified atom stereocenters. The average Bonchev–Trinajstić information content (AvgIpc) is 2.69. The monoisotopic (exact) mass is 423 g/mol. The number of carbonyl (C=O) groups is 1. The molecule has 0 bridgehead atoms. The highest BCUT2D eigenvalue weighted by Crippen LogP contribution is 2.48. The molecular weight excluding hydrogens is 394 g/mol. The number of sulfone groups is 1. The Kier molecular flexibility index (Phi) is 4.89. The smallest absolute Gasteiger partial charge is 0.413 e. The number of benzene rings is 1. The Labute approximate surface area is 171 Å². The van der Waals surface area contributed by atoms with E-state index in [4.69, 9.17) is 20.2 Å². The van der Waals surface area contributed by atoms with Gasteiger partial charge < -0.3 is 15.2 Å². The van der Waals surface area contributed by atoms with Crippen LogP contribution in [0.5, 0.6) is 5.75 Å². The number of amidine groups is 1. The first-order valence-corrected chi connectivity index (χ1v) is 11.1. The summed E-state index contributed by atoms with van der Waals surface area (Å²) in [6, 6.07) is 5.12. The third-order valence-corrected chi connectivity index (χ3v) is 8.49. The van der Waals surface area contributed by atoms with E-state index in [1.807, 2.05) is 0 Å². The van der Waals surface area contributed by atoms with Crippen LogP contribution in [0.2, 0.25) is 0 Å². The van der Waals surface area contributed by atoms with E-state index in [1.165, 1.54) is 0 Å². The molecule has 2 aliphatic rings. The molecule has 8 nitrogen and oxygen atoms in total. The van der Waals surface area contributed by atoms with Crippen LogP contribution in [0.25, 0.3) is 0 Å². The highest BCUT2D eigenvalue weighted by Gasteiger charge is 2.58. The summed E-state index contributed by atoms with van der Waals surface area (Å²) in [5.74, 6) is 0.584. The van der Waals surface area contributed by atoms with Crippen LogP contribution in [0.4, 0.5) is 10.5 Å². The molecule has 0 saturated heterocycles. The van der Waals surface area contributed by atoms with Crippen LogP contribution in [-0.2, 0) is 20.1 Å². The van der Waals surface area contributed by atoms with Gasteiger partial charge >= 0.3 is 6.09 Å². The van der Waals surface area contributed by atoms with Gasteiger partial charge in [0.25, 0.3) is 0 Å². The van der Waals surface area contributed by atoms with E-state index in [2.05, 4.69) is 5.32 Å². The molecule has 2 aliphatic heterocycles. The first-order chi connectivity index (χ1) is 13.2. The second-order valence-electron chi connectivity index (χ2n) is 9.17. The molecular formula is C20H29N3O5S. The minimum atomic E-state index is -3.76. The number of hydrogen-bond acceptors (Lipinski definition) is 7. The fourth-order valence-electron chi connectivity index (χ4n) is 3.82. The molecule has 1 amide bonds. The number of hydrogen-bond donors (Lipinski definition) is 2. The van der Waals surface area contributed by atoms with Gasteiger partial charge in [-0.2, -0.15) is 0 Å². The van der Waals surface area contributed by atoms with Gasteiger partial charge in [-0.1, -0.05) is 0 Å². The minimum Gasteiger partial charge on any atom is -0.493 e. The van der Waals surface area contributed by atoms with Gasteiger partial charge in [-0.15, -0.1) is 0 Å². The average molecular weight is 424 g/mol. The lowest BCUT2D eigenvalue weighted by Crippen LogP contribution is -2.61. The largest absolute Gasteiger partial charge is 0.493 e. The van der Waals surface area contributed by atoms with Crippen molar-refractivity contribution in [3.8, 4) is 5.75 Å². The first kappa shape index (κ1) is 21.4. The predicted molar refractivity (Wildman–Crippen MR) is 112 cm³/mol. The number of nitrogen functional groups attached to an aromatic ring is 1. The normalized spacial score (nSPS) is 27.4. The first-order valence-electron chi connectivity index (χ1n) is 9.55. The van der Waals surface area contributed by atoms with Crippen molar-refractivity contribution >= 4 is 27.5 Å². The minimum absolute atomic E-state index is 0.0424. The molecule has 0 saturated carbocycles. The van der Waals surface area contributed by atoms with E-state index in [1.54, 1.807) is 59.7 Å². The Morgan fingerprint density at radius 1 is 1.31 bits per heavy atom. The number of nitrogens with zero attached hydrogens (tertiary/aromatic N) is 1. The van der Waals surface area contributed by atoms with Crippen molar-refractivity contribution in [2.45, 2.75) is 69.1 Å². The van der Waals surface area contributed by atoms with Gasteiger partial charge in [0.2, 0.25) is 0 Å². The van der Waals surface area contributed by atoms with Crippen molar-refractivity contribution in [2.75, 3.05) is 12.3 Å². The Hall–Kier alpha value is -2.29. The Balaban J connectivity index is 2.18. The van der Waals surface area contributed by atoms with Gasteiger partial charge in [0.1, 0.15) is 27.5 Å². The molecule has 2 heterocycles. The Morgan fingerprint density at radius 2 is 1.97 bits per heavy atom. The Bertz CT molecular complexity index is 978. The zero-order valence-electron chi connectivity index (χ0n) is 17.7. The molecule has 0 aliphatic carbocycles. The fraction of sp³-hybridized carbons (Fsp3) is 0.600. The summed E-state index contributed by atoms with van der Waals surface area (Å²) < 4.78 is 37.0. The fourth-order valence-corrected chi connectivity index (χ4v) is 6.09. The van der Waals surface area contributed by atoms with E-state index in [9.17, 15) is 13.2 Å². The van der Waals surface area contributed by atoms with Crippen LogP contribution in [0.1, 0.15) is 53.5 Å². The van der Waals surface area contributed by atoms with Crippen LogP contribution >= 0.6 is 0 Å². The zero-order chi connectivity index (χ0) is 21.8. The van der Waals surface area contributed by atoms with Crippen LogP contribution in [-0.4, -0.2) is 42.6 Å². The lowest BCUT2D eigenvalue weighted by molar-refractivity contribution is 0.0560. The van der Waals surface area contributed by atoms with Gasteiger partial charge in [-0.3, -0.25) is 10.3 Å². The summed E-state index contributed by atoms with van der Waals surface area (Å²) in [4.78, 5) is 17.2. The summed E-state index contributed by atoms with van der Waals surface area (Å²) in [5.41, 5.74) is 5.14. The van der Waals surface area contributed by atoms with Crippen LogP contribution in [0, 0.1) is 0 Å². The van der Waals surface area contributed by atoms with Gasteiger partial charge in [0, 0.05) is 17.7 Å². The molecule has 0 radical (unpaired) electrons.